The number of carbonyl (C=O) groups excluding carboxylic acids is 1. The van der Waals surface area contributed by atoms with Crippen LogP contribution in [0.3, 0.4) is 0 Å². The fraction of sp³-hybridized carbons (Fsp3) is 0.708. The van der Waals surface area contributed by atoms with E-state index in [2.05, 4.69) is 33.9 Å². The first-order valence-electron chi connectivity index (χ1n) is 11.2. The minimum Gasteiger partial charge on any atom is -0.497 e. The maximum Gasteiger partial charge on any atom is 0.315 e. The minimum absolute atomic E-state index is 0.0203. The number of esters is 1. The van der Waals surface area contributed by atoms with Crippen molar-refractivity contribution in [2.75, 3.05) is 13.7 Å². The standard InChI is InChI=1S/C24H36O6Si/c1-12-9-14(28-6)10-15-16(12)20(26)17-18(15)24(11-29-31(7,8)23(3,4)5)13(2)19(25)21(17)30-22(24)27/h9-10,13,17-21,25-26H,11H2,1-8H3/t13-,17+,18+,19?,20-,21+,24+/m0/s1. The van der Waals surface area contributed by atoms with E-state index in [-0.39, 0.29) is 29.5 Å². The maximum absolute atomic E-state index is 13.5. The summed E-state index contributed by atoms with van der Waals surface area (Å²) in [5.41, 5.74) is 1.62. The van der Waals surface area contributed by atoms with Crippen LogP contribution < -0.4 is 4.74 Å². The molecule has 1 aromatic rings. The van der Waals surface area contributed by atoms with Crippen LogP contribution in [0.25, 0.3) is 0 Å². The van der Waals surface area contributed by atoms with Crippen LogP contribution in [0.4, 0.5) is 0 Å². The normalized spacial score (nSPS) is 36.8. The Morgan fingerprint density at radius 1 is 1.23 bits per heavy atom. The summed E-state index contributed by atoms with van der Waals surface area (Å²) in [7, 11) is -0.555. The molecule has 2 N–H and O–H groups in total. The zero-order valence-electron chi connectivity index (χ0n) is 19.9. The summed E-state index contributed by atoms with van der Waals surface area (Å²) in [6.07, 6.45) is -2.37. The van der Waals surface area contributed by atoms with Crippen LogP contribution in [0.1, 0.15) is 56.4 Å². The average Bonchev–Trinajstić information content (AvgIpc) is 2.98. The third kappa shape index (κ3) is 2.96. The number of fused-ring (bicyclic) bond motifs is 3. The molecule has 0 radical (unpaired) electrons. The Hall–Kier alpha value is -1.41. The molecular formula is C24H36O6Si. The Balaban J connectivity index is 1.87. The van der Waals surface area contributed by atoms with Gasteiger partial charge in [0.2, 0.25) is 0 Å². The van der Waals surface area contributed by atoms with Crippen molar-refractivity contribution in [1.29, 1.82) is 0 Å². The molecule has 4 aliphatic rings. The van der Waals surface area contributed by atoms with Gasteiger partial charge >= 0.3 is 5.97 Å². The van der Waals surface area contributed by atoms with Gasteiger partial charge in [0, 0.05) is 17.8 Å². The summed E-state index contributed by atoms with van der Waals surface area (Å²) in [5, 5.41) is 22.4. The number of methoxy groups -OCH3 is 1. The molecular weight excluding hydrogens is 412 g/mol. The fourth-order valence-electron chi connectivity index (χ4n) is 5.73. The number of hydrogen-bond acceptors (Lipinski definition) is 6. The molecule has 1 saturated carbocycles. The molecule has 172 valence electrons. The molecule has 0 spiro atoms. The lowest BCUT2D eigenvalue weighted by Crippen LogP contribution is -2.68. The Bertz CT molecular complexity index is 906. The van der Waals surface area contributed by atoms with Crippen molar-refractivity contribution in [3.8, 4) is 5.75 Å². The molecule has 1 aromatic carbocycles. The molecule has 5 rings (SSSR count). The van der Waals surface area contributed by atoms with Crippen molar-refractivity contribution >= 4 is 14.3 Å². The van der Waals surface area contributed by atoms with Crippen LogP contribution >= 0.6 is 0 Å². The Morgan fingerprint density at radius 3 is 2.45 bits per heavy atom. The lowest BCUT2D eigenvalue weighted by Gasteiger charge is -2.58. The molecule has 2 aliphatic heterocycles. The van der Waals surface area contributed by atoms with Crippen molar-refractivity contribution in [2.45, 2.75) is 77.0 Å². The minimum atomic E-state index is -2.17. The summed E-state index contributed by atoms with van der Waals surface area (Å²) in [5.74, 6) is -0.661. The van der Waals surface area contributed by atoms with E-state index in [1.54, 1.807) is 7.11 Å². The zero-order chi connectivity index (χ0) is 23.1. The smallest absolute Gasteiger partial charge is 0.315 e. The van der Waals surface area contributed by atoms with E-state index in [9.17, 15) is 15.0 Å². The van der Waals surface area contributed by atoms with Gasteiger partial charge in [0.1, 0.15) is 17.3 Å². The third-order valence-corrected chi connectivity index (χ3v) is 13.2. The first-order chi connectivity index (χ1) is 14.3. The first kappa shape index (κ1) is 22.8. The monoisotopic (exact) mass is 448 g/mol. The number of rotatable bonds is 4. The molecule has 0 amide bonds. The molecule has 31 heavy (non-hydrogen) atoms. The Labute approximate surface area is 186 Å². The van der Waals surface area contributed by atoms with Gasteiger partial charge in [-0.15, -0.1) is 0 Å². The van der Waals surface area contributed by atoms with E-state index in [0.717, 1.165) is 16.7 Å². The van der Waals surface area contributed by atoms with Gasteiger partial charge < -0.3 is 24.1 Å². The highest BCUT2D eigenvalue weighted by atomic mass is 28.4. The SMILES string of the molecule is COc1cc(C)c2c(c1)[C@@H]1[C@H]([C@H]2O)[C@H]2OC(=O)[C@]1(CO[Si](C)(C)C(C)(C)C)[C@@H](C)C2O. The molecule has 2 aliphatic carbocycles. The molecule has 2 bridgehead atoms. The molecule has 2 saturated heterocycles. The first-order valence-corrected chi connectivity index (χ1v) is 14.1. The highest BCUT2D eigenvalue weighted by Crippen LogP contribution is 2.66. The average molecular weight is 449 g/mol. The van der Waals surface area contributed by atoms with Crippen molar-refractivity contribution in [3.63, 3.8) is 0 Å². The zero-order valence-corrected chi connectivity index (χ0v) is 20.9. The number of aryl methyl sites for hydroxylation is 1. The van der Waals surface area contributed by atoms with Crippen LogP contribution in [0.2, 0.25) is 18.1 Å². The van der Waals surface area contributed by atoms with Crippen molar-refractivity contribution < 1.29 is 28.9 Å². The van der Waals surface area contributed by atoms with E-state index < -0.39 is 38.0 Å². The molecule has 6 nitrogen and oxygen atoms in total. The van der Waals surface area contributed by atoms with Gasteiger partial charge in [0.25, 0.3) is 0 Å². The van der Waals surface area contributed by atoms with Crippen LogP contribution in [-0.4, -0.2) is 50.4 Å². The van der Waals surface area contributed by atoms with E-state index in [1.165, 1.54) is 0 Å². The highest BCUT2D eigenvalue weighted by molar-refractivity contribution is 6.74. The predicted octanol–water partition coefficient (Wildman–Crippen LogP) is 3.69. The van der Waals surface area contributed by atoms with Crippen molar-refractivity contribution in [2.24, 2.45) is 17.3 Å². The summed E-state index contributed by atoms with van der Waals surface area (Å²) in [6, 6.07) is 3.85. The number of hydrogen-bond donors (Lipinski definition) is 2. The highest BCUT2D eigenvalue weighted by Gasteiger charge is 2.72. The van der Waals surface area contributed by atoms with Crippen LogP contribution in [-0.2, 0) is 14.0 Å². The Morgan fingerprint density at radius 2 is 1.87 bits per heavy atom. The summed E-state index contributed by atoms with van der Waals surface area (Å²) < 4.78 is 17.9. The molecule has 1 unspecified atom stereocenters. The Kier molecular flexibility index (Phi) is 5.17. The third-order valence-electron chi connectivity index (χ3n) is 8.71. The summed E-state index contributed by atoms with van der Waals surface area (Å²) in [6.45, 7) is 14.9. The lowest BCUT2D eigenvalue weighted by atomic mass is 9.53. The molecule has 7 heteroatoms. The number of benzene rings is 1. The van der Waals surface area contributed by atoms with E-state index >= 15 is 0 Å². The largest absolute Gasteiger partial charge is 0.497 e. The number of aliphatic hydroxyl groups excluding tert-OH is 2. The quantitative estimate of drug-likeness (QED) is 0.540. The molecule has 2 heterocycles. The van der Waals surface area contributed by atoms with E-state index in [4.69, 9.17) is 13.9 Å². The molecule has 3 fully saturated rings. The van der Waals surface area contributed by atoms with Gasteiger partial charge in [0.05, 0.1) is 25.9 Å². The second kappa shape index (κ2) is 7.04. The van der Waals surface area contributed by atoms with Crippen LogP contribution in [0.15, 0.2) is 12.1 Å². The van der Waals surface area contributed by atoms with Crippen LogP contribution in [0, 0.1) is 24.2 Å². The van der Waals surface area contributed by atoms with Gasteiger partial charge in [-0.1, -0.05) is 27.7 Å². The predicted molar refractivity (Wildman–Crippen MR) is 120 cm³/mol. The maximum atomic E-state index is 13.5. The van der Waals surface area contributed by atoms with Crippen molar-refractivity contribution in [3.05, 3.63) is 28.8 Å². The van der Waals surface area contributed by atoms with Gasteiger partial charge in [-0.05, 0) is 53.9 Å². The molecule has 7 atom stereocenters. The second-order valence-corrected chi connectivity index (χ2v) is 16.0. The summed E-state index contributed by atoms with van der Waals surface area (Å²) in [4.78, 5) is 13.5. The topological polar surface area (TPSA) is 85.2 Å². The van der Waals surface area contributed by atoms with Crippen LogP contribution in [0.5, 0.6) is 5.75 Å². The van der Waals surface area contributed by atoms with E-state index in [1.807, 2.05) is 26.0 Å². The van der Waals surface area contributed by atoms with Gasteiger partial charge in [-0.25, -0.2) is 0 Å². The van der Waals surface area contributed by atoms with Gasteiger partial charge in [0.15, 0.2) is 8.32 Å². The van der Waals surface area contributed by atoms with Crippen molar-refractivity contribution in [1.82, 2.24) is 0 Å². The van der Waals surface area contributed by atoms with Gasteiger partial charge in [-0.3, -0.25) is 4.79 Å². The van der Waals surface area contributed by atoms with E-state index in [0.29, 0.717) is 5.75 Å². The number of ether oxygens (including phenoxy) is 2. The second-order valence-electron chi connectivity index (χ2n) is 11.2. The summed E-state index contributed by atoms with van der Waals surface area (Å²) >= 11 is 0. The lowest BCUT2D eigenvalue weighted by molar-refractivity contribution is -0.248. The number of aliphatic hydroxyl groups is 2. The number of carbonyl (C=O) groups is 1. The fourth-order valence-corrected chi connectivity index (χ4v) is 6.77. The molecule has 0 aromatic heterocycles. The van der Waals surface area contributed by atoms with Gasteiger partial charge in [-0.2, -0.15) is 0 Å².